The van der Waals surface area contributed by atoms with Gasteiger partial charge in [0.2, 0.25) is 0 Å². The summed E-state index contributed by atoms with van der Waals surface area (Å²) in [6.45, 7) is 5.13. The number of halogens is 3. The number of carboxylic acid groups (broad SMARTS) is 1. The van der Waals surface area contributed by atoms with Crippen molar-refractivity contribution in [1.82, 2.24) is 19.6 Å². The Labute approximate surface area is 236 Å². The highest BCUT2D eigenvalue weighted by atomic mass is 19.4. The molecule has 12 heteroatoms. The first-order valence-electron chi connectivity index (χ1n) is 14.4. The Morgan fingerprint density at radius 1 is 0.976 bits per heavy atom. The van der Waals surface area contributed by atoms with Gasteiger partial charge in [-0.25, -0.2) is 9.59 Å². The normalized spacial score (nSPS) is 22.6. The lowest BCUT2D eigenvalue weighted by atomic mass is 9.80. The van der Waals surface area contributed by atoms with E-state index in [4.69, 9.17) is 9.84 Å². The van der Waals surface area contributed by atoms with Crippen LogP contribution >= 0.6 is 0 Å². The molecule has 6 rings (SSSR count). The van der Waals surface area contributed by atoms with Crippen LogP contribution in [0.4, 0.5) is 23.7 Å². The number of carbonyl (C=O) groups excluding carboxylic acids is 1. The molecule has 0 atom stereocenters. The fraction of sp³-hybridized carbons (Fsp3) is 0.621. The minimum atomic E-state index is -4.43. The van der Waals surface area contributed by atoms with Crippen LogP contribution in [-0.2, 0) is 17.5 Å². The van der Waals surface area contributed by atoms with Crippen molar-refractivity contribution < 1.29 is 32.6 Å². The number of ether oxygens (including phenoxy) is 1. The highest BCUT2D eigenvalue weighted by Crippen LogP contribution is 2.44. The molecule has 5 heterocycles. The van der Waals surface area contributed by atoms with Crippen molar-refractivity contribution in [2.24, 2.45) is 5.41 Å². The molecule has 4 fully saturated rings. The van der Waals surface area contributed by atoms with Crippen molar-refractivity contribution in [1.29, 1.82) is 0 Å². The van der Waals surface area contributed by atoms with Crippen LogP contribution in [0.3, 0.4) is 0 Å². The van der Waals surface area contributed by atoms with Crippen LogP contribution in [0.25, 0.3) is 0 Å². The molecule has 0 aliphatic carbocycles. The summed E-state index contributed by atoms with van der Waals surface area (Å²) in [7, 11) is 0. The van der Waals surface area contributed by atoms with Crippen molar-refractivity contribution in [3.05, 3.63) is 47.3 Å². The molecule has 2 spiro atoms. The Morgan fingerprint density at radius 3 is 2.41 bits per heavy atom. The summed E-state index contributed by atoms with van der Waals surface area (Å²) < 4.78 is 48.7. The summed E-state index contributed by atoms with van der Waals surface area (Å²) in [5.74, 6) is -1.19. The van der Waals surface area contributed by atoms with Gasteiger partial charge < -0.3 is 19.6 Å². The van der Waals surface area contributed by atoms with E-state index in [0.29, 0.717) is 56.9 Å². The van der Waals surface area contributed by atoms with Crippen LogP contribution in [0.2, 0.25) is 0 Å². The summed E-state index contributed by atoms with van der Waals surface area (Å²) >= 11 is 0. The third kappa shape index (κ3) is 5.55. The van der Waals surface area contributed by atoms with Gasteiger partial charge in [0.1, 0.15) is 0 Å². The summed E-state index contributed by atoms with van der Waals surface area (Å²) in [4.78, 5) is 30.2. The van der Waals surface area contributed by atoms with Gasteiger partial charge >= 0.3 is 18.2 Å². The van der Waals surface area contributed by atoms with Crippen molar-refractivity contribution in [3.8, 4) is 0 Å². The molecule has 4 aliphatic rings. The third-order valence-corrected chi connectivity index (χ3v) is 9.75. The zero-order valence-electron chi connectivity index (χ0n) is 23.0. The second kappa shape index (κ2) is 10.6. The van der Waals surface area contributed by atoms with E-state index in [1.807, 2.05) is 6.07 Å². The predicted octanol–water partition coefficient (Wildman–Crippen LogP) is 4.71. The van der Waals surface area contributed by atoms with Gasteiger partial charge in [0, 0.05) is 63.4 Å². The zero-order valence-corrected chi connectivity index (χ0v) is 23.0. The first-order chi connectivity index (χ1) is 19.6. The maximum atomic E-state index is 14.0. The fourth-order valence-corrected chi connectivity index (χ4v) is 7.31. The smallest absolute Gasteiger partial charge is 0.416 e. The van der Waals surface area contributed by atoms with Gasteiger partial charge in [-0.1, -0.05) is 0 Å². The molecule has 9 nitrogen and oxygen atoms in total. The minimum absolute atomic E-state index is 0.127. The van der Waals surface area contributed by atoms with Gasteiger partial charge in [-0.15, -0.1) is 0 Å². The van der Waals surface area contributed by atoms with Gasteiger partial charge in [-0.05, 0) is 86.7 Å². The molecule has 0 saturated carbocycles. The highest BCUT2D eigenvalue weighted by molar-refractivity contribution is 5.86. The minimum Gasteiger partial charge on any atom is -0.476 e. The van der Waals surface area contributed by atoms with E-state index in [-0.39, 0.29) is 22.7 Å². The molecule has 0 unspecified atom stereocenters. The topological polar surface area (TPSA) is 91.1 Å². The highest BCUT2D eigenvalue weighted by Gasteiger charge is 2.45. The van der Waals surface area contributed by atoms with Gasteiger partial charge in [0.25, 0.3) is 0 Å². The van der Waals surface area contributed by atoms with E-state index >= 15 is 0 Å². The fourth-order valence-electron chi connectivity index (χ4n) is 7.31. The van der Waals surface area contributed by atoms with Gasteiger partial charge in [-0.2, -0.15) is 23.0 Å². The summed E-state index contributed by atoms with van der Waals surface area (Å²) in [6, 6.07) is 5.46. The standard InChI is InChI=1S/C29H36F3N5O4/c30-29(31,32)22-16-21(17-23(18-22)35-11-4-27(20-35)7-14-41-15-8-27)19-36-9-1-3-28(36)5-12-34(13-6-28)26(40)37-10-2-24(33-37)25(38)39/h2,10,16-18H,1,3-9,11-15,19-20H2,(H,38,39). The number of benzene rings is 1. The number of amides is 1. The Kier molecular flexibility index (Phi) is 7.25. The molecule has 1 aromatic heterocycles. The van der Waals surface area contributed by atoms with E-state index in [9.17, 15) is 22.8 Å². The van der Waals surface area contributed by atoms with E-state index in [1.165, 1.54) is 24.4 Å². The monoisotopic (exact) mass is 575 g/mol. The second-order valence-corrected chi connectivity index (χ2v) is 12.1. The molecule has 222 valence electrons. The van der Waals surface area contributed by atoms with Crippen LogP contribution in [0.15, 0.2) is 30.5 Å². The Hall–Kier alpha value is -3.12. The Morgan fingerprint density at radius 2 is 1.73 bits per heavy atom. The number of anilines is 1. The number of alkyl halides is 3. The summed E-state index contributed by atoms with van der Waals surface area (Å²) in [5.41, 5.74) is 0.466. The predicted molar refractivity (Wildman–Crippen MR) is 144 cm³/mol. The third-order valence-electron chi connectivity index (χ3n) is 9.75. The van der Waals surface area contributed by atoms with Crippen molar-refractivity contribution in [2.45, 2.75) is 63.2 Å². The number of piperidine rings is 1. The van der Waals surface area contributed by atoms with Crippen molar-refractivity contribution in [2.75, 3.05) is 50.8 Å². The van der Waals surface area contributed by atoms with Crippen LogP contribution in [-0.4, -0.2) is 88.2 Å². The number of carboxylic acids is 1. The molecule has 1 aromatic carbocycles. The number of nitrogens with zero attached hydrogens (tertiary/aromatic N) is 5. The molecule has 4 saturated heterocycles. The second-order valence-electron chi connectivity index (χ2n) is 12.1. The van der Waals surface area contributed by atoms with Crippen molar-refractivity contribution >= 4 is 17.7 Å². The summed E-state index contributed by atoms with van der Waals surface area (Å²) in [6.07, 6.45) is 3.10. The molecule has 1 amide bonds. The number of hydrogen-bond donors (Lipinski definition) is 1. The number of likely N-dealkylation sites (tertiary alicyclic amines) is 2. The SMILES string of the molecule is O=C(O)c1ccn(C(=O)N2CCC3(CCCN3Cc3cc(N4CCC5(CCOCC5)C4)cc(C(F)(F)F)c3)CC2)n1. The maximum absolute atomic E-state index is 14.0. The number of hydrogen-bond acceptors (Lipinski definition) is 6. The Bertz CT molecular complexity index is 1300. The molecule has 2 aromatic rings. The molecule has 41 heavy (non-hydrogen) atoms. The first-order valence-corrected chi connectivity index (χ1v) is 14.4. The lowest BCUT2D eigenvalue weighted by Gasteiger charge is -2.45. The average molecular weight is 576 g/mol. The lowest BCUT2D eigenvalue weighted by molar-refractivity contribution is -0.137. The number of aromatic nitrogens is 2. The van der Waals surface area contributed by atoms with Gasteiger partial charge in [0.15, 0.2) is 5.69 Å². The average Bonchev–Trinajstić information content (AvgIpc) is 3.69. The largest absolute Gasteiger partial charge is 0.476 e. The maximum Gasteiger partial charge on any atom is 0.416 e. The van der Waals surface area contributed by atoms with Gasteiger partial charge in [-0.3, -0.25) is 4.90 Å². The van der Waals surface area contributed by atoms with E-state index in [2.05, 4.69) is 14.9 Å². The molecule has 0 bridgehead atoms. The summed E-state index contributed by atoms with van der Waals surface area (Å²) in [5, 5.41) is 13.0. The van der Waals surface area contributed by atoms with Crippen molar-refractivity contribution in [3.63, 3.8) is 0 Å². The van der Waals surface area contributed by atoms with E-state index in [1.54, 1.807) is 4.90 Å². The molecule has 1 N–H and O–H groups in total. The van der Waals surface area contributed by atoms with E-state index < -0.39 is 17.7 Å². The first kappa shape index (κ1) is 28.0. The number of aromatic carboxylic acids is 1. The van der Waals surface area contributed by atoms with Crippen LogP contribution in [0, 0.1) is 5.41 Å². The van der Waals surface area contributed by atoms with E-state index in [0.717, 1.165) is 56.4 Å². The Balaban J connectivity index is 1.17. The molecule has 4 aliphatic heterocycles. The number of rotatable bonds is 4. The van der Waals surface area contributed by atoms with Crippen LogP contribution in [0.5, 0.6) is 0 Å². The van der Waals surface area contributed by atoms with Crippen LogP contribution < -0.4 is 4.90 Å². The van der Waals surface area contributed by atoms with Gasteiger partial charge in [0.05, 0.1) is 5.56 Å². The quantitative estimate of drug-likeness (QED) is 0.565. The van der Waals surface area contributed by atoms with Crippen LogP contribution in [0.1, 0.15) is 66.6 Å². The number of carbonyl (C=O) groups is 2. The molecular formula is C29H36F3N5O4. The zero-order chi connectivity index (χ0) is 28.8. The lowest BCUT2D eigenvalue weighted by Crippen LogP contribution is -2.53. The molecular weight excluding hydrogens is 539 g/mol. The molecule has 0 radical (unpaired) electrons.